The predicted molar refractivity (Wildman–Crippen MR) is 125 cm³/mol. The fraction of sp³-hybridized carbons (Fsp3) is 0.391. The molecule has 0 radical (unpaired) electrons. The van der Waals surface area contributed by atoms with E-state index in [1.54, 1.807) is 0 Å². The molecule has 2 atom stereocenters. The fourth-order valence-corrected chi connectivity index (χ4v) is 4.38. The van der Waals surface area contributed by atoms with Gasteiger partial charge in [-0.15, -0.1) is 0 Å². The second kappa shape index (κ2) is 7.77. The van der Waals surface area contributed by atoms with Crippen molar-refractivity contribution in [1.82, 2.24) is 30.0 Å². The molecule has 0 aliphatic carbocycles. The number of hydrogen-bond acceptors (Lipinski definition) is 7. The first-order valence-corrected chi connectivity index (χ1v) is 10.8. The number of benzene rings is 1. The highest BCUT2D eigenvalue weighted by Crippen LogP contribution is 2.27. The molecule has 1 fully saturated rings. The maximum atomic E-state index is 4.80. The second-order valence-electron chi connectivity index (χ2n) is 8.72. The number of hydrogen-bond donors (Lipinski definition) is 2. The Labute approximate surface area is 181 Å². The lowest BCUT2D eigenvalue weighted by Crippen LogP contribution is -2.54. The van der Waals surface area contributed by atoms with Crippen LogP contribution in [0.4, 0.5) is 17.5 Å². The van der Waals surface area contributed by atoms with E-state index in [9.17, 15) is 0 Å². The van der Waals surface area contributed by atoms with Gasteiger partial charge in [-0.2, -0.15) is 5.10 Å². The van der Waals surface area contributed by atoms with E-state index in [0.29, 0.717) is 18.0 Å². The Bertz CT molecular complexity index is 1200. The Morgan fingerprint density at radius 3 is 2.45 bits per heavy atom. The Morgan fingerprint density at radius 1 is 0.968 bits per heavy atom. The lowest BCUT2D eigenvalue weighted by molar-refractivity contribution is 0.407. The number of nitrogens with zero attached hydrogens (tertiary/aromatic N) is 6. The average Bonchev–Trinajstić information content (AvgIpc) is 3.19. The Morgan fingerprint density at radius 2 is 1.74 bits per heavy atom. The summed E-state index contributed by atoms with van der Waals surface area (Å²) in [5.41, 5.74) is 3.05. The molecule has 160 valence electrons. The van der Waals surface area contributed by atoms with Crippen molar-refractivity contribution in [2.45, 2.75) is 45.8 Å². The molecule has 0 bridgehead atoms. The van der Waals surface area contributed by atoms with Gasteiger partial charge in [-0.1, -0.05) is 12.1 Å². The Kier molecular flexibility index (Phi) is 4.94. The standard InChI is InChI=1S/C23H28N8/c1-14(2)31-22-18(10-26-31)6-5-17-9-25-23(29-21(17)22)28-20-8-7-19(11-24-20)30-12-15(3)27-16(4)13-30/h5-11,14-16,27H,12-13H2,1-4H3,(H,24,25,28,29)/t15-,16+. The molecule has 0 saturated carbocycles. The van der Waals surface area contributed by atoms with Crippen LogP contribution in [-0.2, 0) is 0 Å². The summed E-state index contributed by atoms with van der Waals surface area (Å²) in [4.78, 5) is 16.3. The van der Waals surface area contributed by atoms with E-state index in [-0.39, 0.29) is 6.04 Å². The molecule has 0 unspecified atom stereocenters. The summed E-state index contributed by atoms with van der Waals surface area (Å²) in [6.07, 6.45) is 5.65. The third-order valence-electron chi connectivity index (χ3n) is 5.71. The molecule has 2 N–H and O–H groups in total. The first-order valence-electron chi connectivity index (χ1n) is 10.8. The molecule has 1 aliphatic rings. The van der Waals surface area contributed by atoms with E-state index in [0.717, 1.165) is 46.4 Å². The second-order valence-corrected chi connectivity index (χ2v) is 8.72. The van der Waals surface area contributed by atoms with Gasteiger partial charge >= 0.3 is 0 Å². The zero-order valence-corrected chi connectivity index (χ0v) is 18.4. The van der Waals surface area contributed by atoms with Gasteiger partial charge in [0, 0.05) is 48.2 Å². The highest BCUT2D eigenvalue weighted by molar-refractivity contribution is 6.03. The number of aromatic nitrogens is 5. The lowest BCUT2D eigenvalue weighted by Gasteiger charge is -2.37. The lowest BCUT2D eigenvalue weighted by atomic mass is 10.1. The Balaban J connectivity index is 1.42. The summed E-state index contributed by atoms with van der Waals surface area (Å²) >= 11 is 0. The molecule has 1 saturated heterocycles. The average molecular weight is 417 g/mol. The molecule has 31 heavy (non-hydrogen) atoms. The molecule has 8 nitrogen and oxygen atoms in total. The van der Waals surface area contributed by atoms with Crippen molar-refractivity contribution in [2.75, 3.05) is 23.3 Å². The van der Waals surface area contributed by atoms with Gasteiger partial charge in [0.15, 0.2) is 0 Å². The molecular weight excluding hydrogens is 388 g/mol. The summed E-state index contributed by atoms with van der Waals surface area (Å²) in [6.45, 7) is 10.6. The molecule has 0 amide bonds. The minimum atomic E-state index is 0.249. The predicted octanol–water partition coefficient (Wildman–Crippen LogP) is 3.89. The summed E-state index contributed by atoms with van der Waals surface area (Å²) in [6, 6.07) is 9.37. The third-order valence-corrected chi connectivity index (χ3v) is 5.71. The van der Waals surface area contributed by atoms with Crippen molar-refractivity contribution in [3.63, 3.8) is 0 Å². The van der Waals surface area contributed by atoms with Crippen LogP contribution in [0.15, 0.2) is 42.9 Å². The molecule has 4 heterocycles. The summed E-state index contributed by atoms with van der Waals surface area (Å²) in [5, 5.41) is 13.4. The first kappa shape index (κ1) is 19.7. The number of rotatable bonds is 4. The molecular formula is C23H28N8. The zero-order chi connectivity index (χ0) is 21.5. The van der Waals surface area contributed by atoms with Crippen molar-refractivity contribution in [2.24, 2.45) is 0 Å². The SMILES string of the molecule is CC(C)n1ncc2ccc3cnc(Nc4ccc(N5C[C@@H](C)N[C@@H](C)C5)cn4)nc3c21. The van der Waals surface area contributed by atoms with Crippen molar-refractivity contribution in [3.8, 4) is 0 Å². The molecule has 5 rings (SSSR count). The number of piperazine rings is 1. The van der Waals surface area contributed by atoms with Gasteiger partial charge in [0.25, 0.3) is 0 Å². The number of pyridine rings is 1. The van der Waals surface area contributed by atoms with Crippen molar-refractivity contribution in [1.29, 1.82) is 0 Å². The fourth-order valence-electron chi connectivity index (χ4n) is 4.38. The van der Waals surface area contributed by atoms with Crippen LogP contribution < -0.4 is 15.5 Å². The van der Waals surface area contributed by atoms with Gasteiger partial charge in [-0.05, 0) is 39.8 Å². The molecule has 3 aromatic heterocycles. The van der Waals surface area contributed by atoms with E-state index in [1.165, 1.54) is 0 Å². The van der Waals surface area contributed by atoms with Crippen LogP contribution in [0.1, 0.15) is 33.7 Å². The number of nitrogens with one attached hydrogen (secondary N) is 2. The van der Waals surface area contributed by atoms with Gasteiger partial charge < -0.3 is 15.5 Å². The van der Waals surface area contributed by atoms with E-state index in [2.05, 4.69) is 70.4 Å². The van der Waals surface area contributed by atoms with Gasteiger partial charge in [0.1, 0.15) is 11.3 Å². The van der Waals surface area contributed by atoms with E-state index >= 15 is 0 Å². The maximum Gasteiger partial charge on any atom is 0.228 e. The normalized spacial score (nSPS) is 19.5. The first-order chi connectivity index (χ1) is 15.0. The Hall–Kier alpha value is -3.26. The van der Waals surface area contributed by atoms with E-state index in [1.807, 2.05) is 35.4 Å². The van der Waals surface area contributed by atoms with Crippen LogP contribution >= 0.6 is 0 Å². The van der Waals surface area contributed by atoms with Gasteiger partial charge in [0.05, 0.1) is 23.6 Å². The molecule has 1 aliphatic heterocycles. The molecule has 4 aromatic rings. The minimum absolute atomic E-state index is 0.249. The largest absolute Gasteiger partial charge is 0.367 e. The highest BCUT2D eigenvalue weighted by atomic mass is 15.3. The monoisotopic (exact) mass is 416 g/mol. The van der Waals surface area contributed by atoms with Crippen LogP contribution in [0.5, 0.6) is 0 Å². The smallest absolute Gasteiger partial charge is 0.228 e. The van der Waals surface area contributed by atoms with Gasteiger partial charge in [-0.3, -0.25) is 4.68 Å². The zero-order valence-electron chi connectivity index (χ0n) is 18.4. The van der Waals surface area contributed by atoms with Crippen LogP contribution in [0.2, 0.25) is 0 Å². The van der Waals surface area contributed by atoms with Crippen LogP contribution in [-0.4, -0.2) is 49.9 Å². The maximum absolute atomic E-state index is 4.80. The molecule has 8 heteroatoms. The third kappa shape index (κ3) is 3.79. The highest BCUT2D eigenvalue weighted by Gasteiger charge is 2.21. The number of anilines is 3. The van der Waals surface area contributed by atoms with Crippen molar-refractivity contribution in [3.05, 3.63) is 42.9 Å². The minimum Gasteiger partial charge on any atom is -0.367 e. The molecule has 1 aromatic carbocycles. The number of fused-ring (bicyclic) bond motifs is 3. The topological polar surface area (TPSA) is 83.8 Å². The summed E-state index contributed by atoms with van der Waals surface area (Å²) in [5.74, 6) is 1.25. The van der Waals surface area contributed by atoms with Crippen LogP contribution in [0.3, 0.4) is 0 Å². The summed E-state index contributed by atoms with van der Waals surface area (Å²) in [7, 11) is 0. The molecule has 0 spiro atoms. The van der Waals surface area contributed by atoms with Gasteiger partial charge in [-0.25, -0.2) is 15.0 Å². The summed E-state index contributed by atoms with van der Waals surface area (Å²) < 4.78 is 2.01. The van der Waals surface area contributed by atoms with E-state index in [4.69, 9.17) is 4.98 Å². The quantitative estimate of drug-likeness (QED) is 0.522. The van der Waals surface area contributed by atoms with Gasteiger partial charge in [0.2, 0.25) is 5.95 Å². The van der Waals surface area contributed by atoms with Crippen molar-refractivity contribution >= 4 is 39.3 Å². The van der Waals surface area contributed by atoms with Crippen LogP contribution in [0.25, 0.3) is 21.8 Å². The van der Waals surface area contributed by atoms with Crippen molar-refractivity contribution < 1.29 is 0 Å². The van der Waals surface area contributed by atoms with E-state index < -0.39 is 0 Å². The van der Waals surface area contributed by atoms with Crippen LogP contribution in [0, 0.1) is 0 Å².